The van der Waals surface area contributed by atoms with E-state index in [1.54, 1.807) is 12.2 Å². The molecule has 2 aliphatic rings. The van der Waals surface area contributed by atoms with Gasteiger partial charge in [0.15, 0.2) is 5.78 Å². The van der Waals surface area contributed by atoms with Gasteiger partial charge < -0.3 is 4.90 Å². The van der Waals surface area contributed by atoms with Gasteiger partial charge in [-0.3, -0.25) is 9.59 Å². The number of fused-ring (bicyclic) bond motifs is 10. The highest BCUT2D eigenvalue weighted by Gasteiger charge is 2.33. The van der Waals surface area contributed by atoms with E-state index in [4.69, 9.17) is 0 Å². The molecule has 0 saturated carbocycles. The summed E-state index contributed by atoms with van der Waals surface area (Å²) in [6, 6.07) is 33.6. The molecular weight excluding hydrogens is 514 g/mol. The van der Waals surface area contributed by atoms with Crippen LogP contribution in [-0.4, -0.2) is 23.1 Å². The average Bonchev–Trinajstić information content (AvgIpc) is 3.16. The van der Waals surface area contributed by atoms with Crippen LogP contribution >= 0.6 is 0 Å². The van der Waals surface area contributed by atoms with Crippen LogP contribution in [0.25, 0.3) is 66.5 Å². The van der Waals surface area contributed by atoms with Gasteiger partial charge in [-0.1, -0.05) is 110 Å². The van der Waals surface area contributed by atoms with E-state index < -0.39 is 0 Å². The Kier molecular flexibility index (Phi) is 5.48. The first-order valence-corrected chi connectivity index (χ1v) is 14.5. The lowest BCUT2D eigenvalue weighted by Crippen LogP contribution is -2.30. The van der Waals surface area contributed by atoms with Crippen molar-refractivity contribution < 1.29 is 9.59 Å². The van der Waals surface area contributed by atoms with E-state index >= 15 is 0 Å². The number of ketones is 1. The van der Waals surface area contributed by atoms with Crippen molar-refractivity contribution in [2.75, 3.05) is 6.54 Å². The van der Waals surface area contributed by atoms with Crippen molar-refractivity contribution in [3.05, 3.63) is 131 Å². The minimum Gasteiger partial charge on any atom is -0.307 e. The summed E-state index contributed by atoms with van der Waals surface area (Å²) >= 11 is 0. The molecule has 0 fully saturated rings. The molecule has 1 aliphatic heterocycles. The number of hydrogen-bond donors (Lipinski definition) is 0. The van der Waals surface area contributed by atoms with E-state index in [1.807, 2.05) is 35.3 Å². The van der Waals surface area contributed by atoms with Gasteiger partial charge in [0.25, 0.3) is 5.91 Å². The number of hydrogen-bond acceptors (Lipinski definition) is 2. The Morgan fingerprint density at radius 2 is 1.07 bits per heavy atom. The number of allylic oxidation sites excluding steroid dienone is 2. The van der Waals surface area contributed by atoms with Crippen molar-refractivity contribution in [3.63, 3.8) is 0 Å². The first-order chi connectivity index (χ1) is 20.6. The molecule has 0 N–H and O–H groups in total. The highest BCUT2D eigenvalue weighted by molar-refractivity contribution is 6.40. The second-order valence-corrected chi connectivity index (χ2v) is 11.1. The molecule has 0 spiro atoms. The van der Waals surface area contributed by atoms with Gasteiger partial charge in [0.2, 0.25) is 0 Å². The van der Waals surface area contributed by atoms with Crippen molar-refractivity contribution >= 4 is 78.2 Å². The number of amides is 1. The summed E-state index contributed by atoms with van der Waals surface area (Å²) in [5.41, 5.74) is 5.02. The Bertz CT molecular complexity index is 2250. The largest absolute Gasteiger partial charge is 0.307 e. The molecule has 0 unspecified atom stereocenters. The smallest absolute Gasteiger partial charge is 0.251 e. The zero-order chi connectivity index (χ0) is 28.4. The summed E-state index contributed by atoms with van der Waals surface area (Å²) < 4.78 is 0. The summed E-state index contributed by atoms with van der Waals surface area (Å²) in [7, 11) is 0. The number of carbonyl (C=O) groups is 2. The number of carbonyl (C=O) groups excluding carboxylic acids is 2. The predicted octanol–water partition coefficient (Wildman–Crippen LogP) is 9.03. The minimum absolute atomic E-state index is 0.0862. The third kappa shape index (κ3) is 3.53. The summed E-state index contributed by atoms with van der Waals surface area (Å²) in [6.07, 6.45) is 7.91. The van der Waals surface area contributed by atoms with E-state index in [-0.39, 0.29) is 11.7 Å². The topological polar surface area (TPSA) is 37.4 Å². The van der Waals surface area contributed by atoms with Crippen LogP contribution in [-0.2, 0) is 9.59 Å². The minimum atomic E-state index is -0.113. The van der Waals surface area contributed by atoms with E-state index in [0.717, 1.165) is 71.8 Å². The number of rotatable bonds is 2. The van der Waals surface area contributed by atoms with Crippen LogP contribution in [0.3, 0.4) is 0 Å². The maximum atomic E-state index is 14.3. The normalized spacial score (nSPS) is 16.5. The lowest BCUT2D eigenvalue weighted by atomic mass is 9.81. The molecule has 0 bridgehead atoms. The van der Waals surface area contributed by atoms with Crippen molar-refractivity contribution in [2.45, 2.75) is 13.3 Å². The summed E-state index contributed by atoms with van der Waals surface area (Å²) in [6.45, 7) is 2.57. The van der Waals surface area contributed by atoms with E-state index in [0.29, 0.717) is 17.8 Å². The fourth-order valence-corrected chi connectivity index (χ4v) is 6.84. The second-order valence-electron chi connectivity index (χ2n) is 11.1. The Morgan fingerprint density at radius 1 is 0.548 bits per heavy atom. The third-order valence-corrected chi connectivity index (χ3v) is 8.66. The maximum Gasteiger partial charge on any atom is 0.251 e. The van der Waals surface area contributed by atoms with Gasteiger partial charge in [-0.2, -0.15) is 0 Å². The van der Waals surface area contributed by atoms with Gasteiger partial charge in [-0.25, -0.2) is 0 Å². The predicted molar refractivity (Wildman–Crippen MR) is 175 cm³/mol. The molecule has 3 heteroatoms. The van der Waals surface area contributed by atoms with Gasteiger partial charge in [0.1, 0.15) is 0 Å². The Labute approximate surface area is 243 Å². The lowest BCUT2D eigenvalue weighted by Gasteiger charge is -2.30. The molecular formula is C39H27NO2. The number of benzene rings is 6. The van der Waals surface area contributed by atoms with Crippen LogP contribution in [0.1, 0.15) is 35.6 Å². The molecule has 3 nitrogen and oxygen atoms in total. The molecule has 42 heavy (non-hydrogen) atoms. The molecule has 6 aromatic rings. The lowest BCUT2D eigenvalue weighted by molar-refractivity contribution is -0.122. The molecule has 0 radical (unpaired) electrons. The van der Waals surface area contributed by atoms with Crippen LogP contribution in [0.5, 0.6) is 0 Å². The monoisotopic (exact) mass is 541 g/mol. The maximum absolute atomic E-state index is 14.3. The van der Waals surface area contributed by atoms with Gasteiger partial charge in [0, 0.05) is 23.7 Å². The molecule has 1 amide bonds. The van der Waals surface area contributed by atoms with Crippen molar-refractivity contribution in [3.8, 4) is 0 Å². The molecule has 0 saturated heterocycles. The quantitative estimate of drug-likeness (QED) is 0.162. The highest BCUT2D eigenvalue weighted by atomic mass is 16.2. The van der Waals surface area contributed by atoms with Crippen LogP contribution in [0.2, 0.25) is 0 Å². The zero-order valence-electron chi connectivity index (χ0n) is 23.2. The highest BCUT2D eigenvalue weighted by Crippen LogP contribution is 2.46. The van der Waals surface area contributed by atoms with Gasteiger partial charge in [-0.05, 0) is 72.8 Å². The van der Waals surface area contributed by atoms with Gasteiger partial charge in [-0.15, -0.1) is 0 Å². The van der Waals surface area contributed by atoms with Crippen LogP contribution in [0.15, 0.2) is 109 Å². The fourth-order valence-electron chi connectivity index (χ4n) is 6.84. The van der Waals surface area contributed by atoms with Crippen molar-refractivity contribution in [1.82, 2.24) is 4.90 Å². The molecule has 8 rings (SSSR count). The Balaban J connectivity index is 1.63. The van der Waals surface area contributed by atoms with Gasteiger partial charge >= 0.3 is 0 Å². The molecule has 0 aromatic heterocycles. The standard InChI is InChI=1S/C39H27NO2/c1-2-23-40-33(42)22-20-29-18-16-27-14-12-25-8-4-6-10-31(25)35(27)37(29)39(40)38-32(41)21-19-28-17-15-26-13-11-24-7-3-5-9-30(24)34(26)36(28)38/h3-22H,2,23H2,1H3/b39-38+. The Hall–Kier alpha value is -5.28. The molecule has 0 atom stereocenters. The molecule has 1 heterocycles. The second kappa shape index (κ2) is 9.39. The number of nitrogens with zero attached hydrogens (tertiary/aromatic N) is 1. The van der Waals surface area contributed by atoms with Crippen LogP contribution < -0.4 is 0 Å². The molecule has 200 valence electrons. The summed E-state index contributed by atoms with van der Waals surface area (Å²) in [5, 5.41) is 8.68. The summed E-state index contributed by atoms with van der Waals surface area (Å²) in [4.78, 5) is 30.0. The molecule has 6 aromatic carbocycles. The third-order valence-electron chi connectivity index (χ3n) is 8.66. The van der Waals surface area contributed by atoms with E-state index in [9.17, 15) is 9.59 Å². The molecule has 1 aliphatic carbocycles. The van der Waals surface area contributed by atoms with Crippen LogP contribution in [0.4, 0.5) is 0 Å². The first kappa shape index (κ1) is 24.5. The average molecular weight is 542 g/mol. The SMILES string of the molecule is CCCN1C(=O)C=Cc2ccc3ccc4ccccc4c3c2/C1=C1/C(=O)C=Cc2ccc3ccc4ccccc4c3c21. The zero-order valence-corrected chi connectivity index (χ0v) is 23.2. The van der Waals surface area contributed by atoms with Crippen molar-refractivity contribution in [2.24, 2.45) is 0 Å². The van der Waals surface area contributed by atoms with Crippen molar-refractivity contribution in [1.29, 1.82) is 0 Å². The Morgan fingerprint density at radius 3 is 1.71 bits per heavy atom. The van der Waals surface area contributed by atoms with E-state index in [1.165, 1.54) is 0 Å². The fraction of sp³-hybridized carbons (Fsp3) is 0.0769. The van der Waals surface area contributed by atoms with Crippen LogP contribution in [0, 0.1) is 0 Å². The van der Waals surface area contributed by atoms with E-state index in [2.05, 4.69) is 85.8 Å². The summed E-state index contributed by atoms with van der Waals surface area (Å²) in [5.74, 6) is -0.199. The van der Waals surface area contributed by atoms with Gasteiger partial charge in [0.05, 0.1) is 11.3 Å². The first-order valence-electron chi connectivity index (χ1n) is 14.5.